The molecule has 0 saturated heterocycles. The Balaban J connectivity index is 1.22. The normalized spacial score (nSPS) is 11.5. The van der Waals surface area contributed by atoms with Gasteiger partial charge in [-0.05, 0) is 95.2 Å². The highest BCUT2D eigenvalue weighted by Crippen LogP contribution is 2.49. The maximum Gasteiger partial charge on any atom is 0.0540 e. The van der Waals surface area contributed by atoms with E-state index in [4.69, 9.17) is 0 Å². The summed E-state index contributed by atoms with van der Waals surface area (Å²) in [7, 11) is 0. The molecular formula is C56H37N. The van der Waals surface area contributed by atoms with E-state index in [1.54, 1.807) is 0 Å². The van der Waals surface area contributed by atoms with Crippen molar-refractivity contribution in [2.24, 2.45) is 0 Å². The average Bonchev–Trinajstić information content (AvgIpc) is 3.29. The van der Waals surface area contributed by atoms with Crippen LogP contribution in [0, 0.1) is 0 Å². The van der Waals surface area contributed by atoms with Gasteiger partial charge in [-0.3, -0.25) is 0 Å². The van der Waals surface area contributed by atoms with Crippen LogP contribution >= 0.6 is 0 Å². The summed E-state index contributed by atoms with van der Waals surface area (Å²) in [6, 6.07) is 82.1. The zero-order chi connectivity index (χ0) is 37.7. The molecule has 0 aromatic heterocycles. The van der Waals surface area contributed by atoms with E-state index in [0.717, 1.165) is 17.1 Å². The van der Waals surface area contributed by atoms with Crippen LogP contribution in [0.3, 0.4) is 0 Å². The number of hydrogen-bond acceptors (Lipinski definition) is 1. The van der Waals surface area contributed by atoms with Crippen LogP contribution in [0.4, 0.5) is 17.1 Å². The van der Waals surface area contributed by atoms with Gasteiger partial charge in [-0.2, -0.15) is 0 Å². The van der Waals surface area contributed by atoms with Gasteiger partial charge in [-0.1, -0.05) is 200 Å². The lowest BCUT2D eigenvalue weighted by atomic mass is 9.84. The van der Waals surface area contributed by atoms with Crippen LogP contribution < -0.4 is 4.90 Å². The molecule has 0 aliphatic carbocycles. The Morgan fingerprint density at radius 1 is 0.228 bits per heavy atom. The van der Waals surface area contributed by atoms with Crippen molar-refractivity contribution >= 4 is 70.9 Å². The van der Waals surface area contributed by atoms with Gasteiger partial charge in [0.05, 0.1) is 17.1 Å². The summed E-state index contributed by atoms with van der Waals surface area (Å²) in [5, 5.41) is 12.4. The molecule has 57 heavy (non-hydrogen) atoms. The van der Waals surface area contributed by atoms with E-state index in [1.165, 1.54) is 87.2 Å². The highest BCUT2D eigenvalue weighted by atomic mass is 15.1. The Hall–Kier alpha value is -7.48. The van der Waals surface area contributed by atoms with Crippen molar-refractivity contribution in [2.45, 2.75) is 0 Å². The fourth-order valence-corrected chi connectivity index (χ4v) is 9.09. The first kappa shape index (κ1) is 32.9. The smallest absolute Gasteiger partial charge is 0.0540 e. The van der Waals surface area contributed by atoms with Crippen molar-refractivity contribution in [3.05, 3.63) is 224 Å². The van der Waals surface area contributed by atoms with Gasteiger partial charge in [0.15, 0.2) is 0 Å². The number of fused-ring (bicyclic) bond motifs is 7. The molecule has 0 saturated carbocycles. The van der Waals surface area contributed by atoms with Crippen molar-refractivity contribution in [3.8, 4) is 33.4 Å². The summed E-state index contributed by atoms with van der Waals surface area (Å²) in [5.74, 6) is 0. The largest absolute Gasteiger partial charge is 0.309 e. The van der Waals surface area contributed by atoms with Crippen LogP contribution in [-0.4, -0.2) is 0 Å². The first-order valence-corrected chi connectivity index (χ1v) is 19.7. The molecule has 266 valence electrons. The second-order valence-electron chi connectivity index (χ2n) is 14.8. The highest BCUT2D eigenvalue weighted by Gasteiger charge is 2.23. The molecule has 0 unspecified atom stereocenters. The number of hydrogen-bond donors (Lipinski definition) is 0. The molecule has 0 spiro atoms. The molecule has 11 aromatic carbocycles. The fraction of sp³-hybridized carbons (Fsp3) is 0. The zero-order valence-electron chi connectivity index (χ0n) is 31.3. The van der Waals surface area contributed by atoms with Gasteiger partial charge < -0.3 is 4.90 Å². The Labute approximate surface area is 332 Å². The Morgan fingerprint density at radius 2 is 0.684 bits per heavy atom. The quantitative estimate of drug-likeness (QED) is 0.154. The first-order chi connectivity index (χ1) is 28.3. The summed E-state index contributed by atoms with van der Waals surface area (Å²) in [4.78, 5) is 2.49. The van der Waals surface area contributed by atoms with E-state index in [0.29, 0.717) is 0 Å². The molecular weight excluding hydrogens is 687 g/mol. The highest BCUT2D eigenvalue weighted by molar-refractivity contribution is 6.22. The molecule has 0 atom stereocenters. The molecule has 0 amide bonds. The Morgan fingerprint density at radius 3 is 1.44 bits per heavy atom. The standard InChI is InChI=1S/C56H37N/c1-3-19-40(20-4-1)55-50-28-12-11-27-47(50)48-35-34-42(37-51(48)56(55)41-21-5-2-6-22-41)45-26-13-14-30-52(45)57(53-31-15-23-38-17-8-10-25-44(38)53)54-32-16-29-46-43-24-9-7-18-39(43)33-36-49(46)54/h1-37H. The van der Waals surface area contributed by atoms with E-state index in [2.05, 4.69) is 229 Å². The van der Waals surface area contributed by atoms with Crippen LogP contribution in [0.15, 0.2) is 224 Å². The molecule has 0 fully saturated rings. The molecule has 0 bridgehead atoms. The van der Waals surface area contributed by atoms with Gasteiger partial charge in [0.25, 0.3) is 0 Å². The summed E-state index contributed by atoms with van der Waals surface area (Å²) < 4.78 is 0. The number of rotatable bonds is 6. The predicted molar refractivity (Wildman–Crippen MR) is 245 cm³/mol. The minimum absolute atomic E-state index is 1.12. The van der Waals surface area contributed by atoms with Crippen LogP contribution in [0.2, 0.25) is 0 Å². The lowest BCUT2D eigenvalue weighted by molar-refractivity contribution is 1.31. The van der Waals surface area contributed by atoms with Gasteiger partial charge >= 0.3 is 0 Å². The van der Waals surface area contributed by atoms with Gasteiger partial charge in [0, 0.05) is 16.3 Å². The molecule has 11 aromatic rings. The fourth-order valence-electron chi connectivity index (χ4n) is 9.09. The molecule has 0 aliphatic heterocycles. The third-order valence-corrected chi connectivity index (χ3v) is 11.6. The summed E-state index contributed by atoms with van der Waals surface area (Å²) in [6.07, 6.45) is 0. The van der Waals surface area contributed by atoms with Crippen molar-refractivity contribution in [2.75, 3.05) is 4.90 Å². The second kappa shape index (κ2) is 13.7. The Kier molecular flexibility index (Phi) is 7.89. The third-order valence-electron chi connectivity index (χ3n) is 11.6. The summed E-state index contributed by atoms with van der Waals surface area (Å²) in [5.41, 5.74) is 10.7. The monoisotopic (exact) mass is 723 g/mol. The van der Waals surface area contributed by atoms with Crippen LogP contribution in [-0.2, 0) is 0 Å². The van der Waals surface area contributed by atoms with Crippen LogP contribution in [0.5, 0.6) is 0 Å². The molecule has 0 radical (unpaired) electrons. The minimum atomic E-state index is 1.12. The van der Waals surface area contributed by atoms with E-state index in [1.807, 2.05) is 0 Å². The zero-order valence-corrected chi connectivity index (χ0v) is 31.3. The maximum atomic E-state index is 2.49. The molecule has 1 heteroatoms. The van der Waals surface area contributed by atoms with Crippen molar-refractivity contribution in [3.63, 3.8) is 0 Å². The number of anilines is 3. The third kappa shape index (κ3) is 5.47. The second-order valence-corrected chi connectivity index (χ2v) is 14.8. The lowest BCUT2D eigenvalue weighted by Gasteiger charge is -2.30. The number of benzene rings is 11. The first-order valence-electron chi connectivity index (χ1n) is 19.7. The minimum Gasteiger partial charge on any atom is -0.309 e. The van der Waals surface area contributed by atoms with Gasteiger partial charge in [-0.15, -0.1) is 0 Å². The summed E-state index contributed by atoms with van der Waals surface area (Å²) in [6.45, 7) is 0. The van der Waals surface area contributed by atoms with E-state index < -0.39 is 0 Å². The molecule has 11 rings (SSSR count). The van der Waals surface area contributed by atoms with Crippen molar-refractivity contribution < 1.29 is 0 Å². The maximum absolute atomic E-state index is 2.49. The van der Waals surface area contributed by atoms with Crippen LogP contribution in [0.1, 0.15) is 0 Å². The molecule has 0 aliphatic rings. The van der Waals surface area contributed by atoms with Crippen molar-refractivity contribution in [1.29, 1.82) is 0 Å². The van der Waals surface area contributed by atoms with Gasteiger partial charge in [-0.25, -0.2) is 0 Å². The van der Waals surface area contributed by atoms with Crippen LogP contribution in [0.25, 0.3) is 87.2 Å². The van der Waals surface area contributed by atoms with Crippen molar-refractivity contribution in [1.82, 2.24) is 0 Å². The average molecular weight is 724 g/mol. The van der Waals surface area contributed by atoms with E-state index in [-0.39, 0.29) is 0 Å². The molecule has 0 heterocycles. The SMILES string of the molecule is c1ccc(-c2c(-c3ccccc3)c3cc(-c4ccccc4N(c4cccc5ccccc45)c4cccc5c4ccc4ccccc45)ccc3c3ccccc23)cc1. The predicted octanol–water partition coefficient (Wildman–Crippen LogP) is 15.9. The van der Waals surface area contributed by atoms with Gasteiger partial charge in [0.2, 0.25) is 0 Å². The summed E-state index contributed by atoms with van der Waals surface area (Å²) >= 11 is 0. The van der Waals surface area contributed by atoms with E-state index in [9.17, 15) is 0 Å². The molecule has 0 N–H and O–H groups in total. The molecule has 1 nitrogen and oxygen atoms in total. The number of nitrogens with zero attached hydrogens (tertiary/aromatic N) is 1. The lowest BCUT2D eigenvalue weighted by Crippen LogP contribution is -2.12. The van der Waals surface area contributed by atoms with E-state index >= 15 is 0 Å². The topological polar surface area (TPSA) is 3.24 Å². The number of para-hydroxylation sites is 1. The van der Waals surface area contributed by atoms with Gasteiger partial charge in [0.1, 0.15) is 0 Å². The Bertz CT molecular complexity index is 3290.